The van der Waals surface area contributed by atoms with Crippen LogP contribution in [0.2, 0.25) is 0 Å². The van der Waals surface area contributed by atoms with Crippen molar-refractivity contribution in [3.8, 4) is 6.01 Å². The Labute approximate surface area is 101 Å². The highest BCUT2D eigenvalue weighted by molar-refractivity contribution is 5.79. The molecule has 0 amide bonds. The first-order chi connectivity index (χ1) is 8.19. The Morgan fingerprint density at radius 1 is 1.47 bits per heavy atom. The molecule has 0 aliphatic rings. The van der Waals surface area contributed by atoms with Gasteiger partial charge in [-0.15, -0.1) is 0 Å². The van der Waals surface area contributed by atoms with Crippen LogP contribution in [0.5, 0.6) is 6.01 Å². The van der Waals surface area contributed by atoms with E-state index in [1.54, 1.807) is 0 Å². The highest BCUT2D eigenvalue weighted by Gasteiger charge is 2.06. The molecule has 0 saturated carbocycles. The molecular weight excluding hydrogens is 214 g/mol. The average Bonchev–Trinajstić information content (AvgIpc) is 2.68. The molecule has 0 aliphatic carbocycles. The third-order valence-corrected chi connectivity index (χ3v) is 2.77. The number of nitrogens with two attached hydrogens (primary N) is 1. The molecule has 1 aromatic carbocycles. The lowest BCUT2D eigenvalue weighted by atomic mass is 10.1. The highest BCUT2D eigenvalue weighted by Crippen LogP contribution is 2.19. The molecule has 2 rings (SSSR count). The lowest BCUT2D eigenvalue weighted by molar-refractivity contribution is 0.236. The Hall–Kier alpha value is -1.71. The van der Waals surface area contributed by atoms with E-state index < -0.39 is 0 Å². The second kappa shape index (κ2) is 5.08. The minimum atomic E-state index is 0.554. The topological polar surface area (TPSA) is 63.9 Å². The lowest BCUT2D eigenvalue weighted by Crippen LogP contribution is -2.08. The minimum Gasteiger partial charge on any atom is -0.465 e. The van der Waals surface area contributed by atoms with Crippen molar-refractivity contribution in [2.75, 3.05) is 12.3 Å². The summed E-state index contributed by atoms with van der Waals surface area (Å²) in [6.45, 7) is 5.06. The molecule has 3 N–H and O–H groups in total. The first-order valence-electron chi connectivity index (χ1n) is 6.07. The van der Waals surface area contributed by atoms with Gasteiger partial charge in [0.05, 0.1) is 17.6 Å². The van der Waals surface area contributed by atoms with E-state index in [1.165, 1.54) is 12.8 Å². The molecule has 4 heteroatoms. The van der Waals surface area contributed by atoms with Gasteiger partial charge in [-0.2, -0.15) is 4.98 Å². The number of nitrogens with one attached hydrogen (secondary N) is 1. The van der Waals surface area contributed by atoms with Crippen LogP contribution in [0.3, 0.4) is 0 Å². The van der Waals surface area contributed by atoms with Gasteiger partial charge in [-0.25, -0.2) is 0 Å². The van der Waals surface area contributed by atoms with Gasteiger partial charge in [0.2, 0.25) is 0 Å². The molecule has 0 saturated heterocycles. The predicted molar refractivity (Wildman–Crippen MR) is 70.1 cm³/mol. The number of ether oxygens (including phenoxy) is 1. The summed E-state index contributed by atoms with van der Waals surface area (Å²) in [6.07, 6.45) is 2.36. The third-order valence-electron chi connectivity index (χ3n) is 2.77. The van der Waals surface area contributed by atoms with Crippen molar-refractivity contribution in [3.05, 3.63) is 18.2 Å². The molecule has 1 heterocycles. The minimum absolute atomic E-state index is 0.554. The summed E-state index contributed by atoms with van der Waals surface area (Å²) in [5.74, 6) is 0.554. The van der Waals surface area contributed by atoms with Crippen molar-refractivity contribution in [2.24, 2.45) is 5.92 Å². The van der Waals surface area contributed by atoms with Gasteiger partial charge in [0, 0.05) is 5.69 Å². The summed E-state index contributed by atoms with van der Waals surface area (Å²) in [7, 11) is 0. The standard InChI is InChI=1S/C13H19N3O/c1-3-4-9(2)8-17-13-15-11-6-5-10(14)7-12(11)16-13/h5-7,9H,3-4,8,14H2,1-2H3,(H,15,16). The van der Waals surface area contributed by atoms with Crippen molar-refractivity contribution in [1.82, 2.24) is 9.97 Å². The monoisotopic (exact) mass is 233 g/mol. The van der Waals surface area contributed by atoms with Crippen molar-refractivity contribution in [3.63, 3.8) is 0 Å². The molecule has 0 aliphatic heterocycles. The maximum Gasteiger partial charge on any atom is 0.294 e. The first kappa shape index (κ1) is 11.8. The summed E-state index contributed by atoms with van der Waals surface area (Å²) in [6, 6.07) is 6.18. The maximum atomic E-state index is 5.71. The molecule has 4 nitrogen and oxygen atoms in total. The van der Waals surface area contributed by atoms with E-state index in [4.69, 9.17) is 10.5 Å². The maximum absolute atomic E-state index is 5.71. The Balaban J connectivity index is 2.04. The zero-order valence-corrected chi connectivity index (χ0v) is 10.4. The van der Waals surface area contributed by atoms with E-state index in [1.807, 2.05) is 18.2 Å². The summed E-state index contributed by atoms with van der Waals surface area (Å²) >= 11 is 0. The van der Waals surface area contributed by atoms with E-state index in [-0.39, 0.29) is 0 Å². The number of benzene rings is 1. The van der Waals surface area contributed by atoms with E-state index in [0.717, 1.165) is 16.7 Å². The Kier molecular flexibility index (Phi) is 3.52. The van der Waals surface area contributed by atoms with Gasteiger partial charge in [0.25, 0.3) is 6.01 Å². The van der Waals surface area contributed by atoms with E-state index >= 15 is 0 Å². The summed E-state index contributed by atoms with van der Waals surface area (Å²) in [5, 5.41) is 0. The van der Waals surface area contributed by atoms with Crippen LogP contribution in [0, 0.1) is 5.92 Å². The number of nitrogen functional groups attached to an aromatic ring is 1. The van der Waals surface area contributed by atoms with Crippen molar-refractivity contribution in [2.45, 2.75) is 26.7 Å². The zero-order chi connectivity index (χ0) is 12.3. The van der Waals surface area contributed by atoms with Gasteiger partial charge < -0.3 is 15.5 Å². The summed E-state index contributed by atoms with van der Waals surface area (Å²) in [4.78, 5) is 7.47. The number of H-pyrrole nitrogens is 1. The largest absolute Gasteiger partial charge is 0.465 e. The fraction of sp³-hybridized carbons (Fsp3) is 0.462. The SMILES string of the molecule is CCCC(C)COc1nc2ccc(N)cc2[nH]1. The van der Waals surface area contributed by atoms with E-state index in [9.17, 15) is 0 Å². The fourth-order valence-corrected chi connectivity index (χ4v) is 1.87. The molecule has 17 heavy (non-hydrogen) atoms. The number of fused-ring (bicyclic) bond motifs is 1. The van der Waals surface area contributed by atoms with Crippen LogP contribution in [-0.4, -0.2) is 16.6 Å². The molecular formula is C13H19N3O. The number of hydrogen-bond acceptors (Lipinski definition) is 3. The number of anilines is 1. The van der Waals surface area contributed by atoms with Crippen LogP contribution in [0.1, 0.15) is 26.7 Å². The number of aromatic amines is 1. The Morgan fingerprint density at radius 3 is 3.06 bits per heavy atom. The number of aromatic nitrogens is 2. The third kappa shape index (κ3) is 2.90. The predicted octanol–water partition coefficient (Wildman–Crippen LogP) is 2.96. The molecule has 1 aromatic heterocycles. The average molecular weight is 233 g/mol. The molecule has 0 spiro atoms. The molecule has 2 aromatic rings. The second-order valence-electron chi connectivity index (χ2n) is 4.52. The van der Waals surface area contributed by atoms with E-state index in [0.29, 0.717) is 18.5 Å². The van der Waals surface area contributed by atoms with Gasteiger partial charge >= 0.3 is 0 Å². The van der Waals surface area contributed by atoms with Gasteiger partial charge in [-0.3, -0.25) is 0 Å². The normalized spacial score (nSPS) is 12.8. The zero-order valence-electron chi connectivity index (χ0n) is 10.4. The lowest BCUT2D eigenvalue weighted by Gasteiger charge is -2.09. The van der Waals surface area contributed by atoms with Crippen LogP contribution in [0.25, 0.3) is 11.0 Å². The van der Waals surface area contributed by atoms with Crippen molar-refractivity contribution >= 4 is 16.7 Å². The van der Waals surface area contributed by atoms with Crippen LogP contribution >= 0.6 is 0 Å². The molecule has 0 bridgehead atoms. The molecule has 0 radical (unpaired) electrons. The van der Waals surface area contributed by atoms with Crippen LogP contribution in [-0.2, 0) is 0 Å². The number of imidazole rings is 1. The van der Waals surface area contributed by atoms with Crippen molar-refractivity contribution < 1.29 is 4.74 Å². The smallest absolute Gasteiger partial charge is 0.294 e. The van der Waals surface area contributed by atoms with Crippen LogP contribution in [0.4, 0.5) is 5.69 Å². The van der Waals surface area contributed by atoms with Gasteiger partial charge in [0.1, 0.15) is 0 Å². The Bertz CT molecular complexity index is 492. The molecule has 1 atom stereocenters. The number of hydrogen-bond donors (Lipinski definition) is 2. The Morgan fingerprint density at radius 2 is 2.29 bits per heavy atom. The number of nitrogens with zero attached hydrogens (tertiary/aromatic N) is 1. The first-order valence-corrected chi connectivity index (χ1v) is 6.07. The van der Waals surface area contributed by atoms with Crippen LogP contribution < -0.4 is 10.5 Å². The fourth-order valence-electron chi connectivity index (χ4n) is 1.87. The molecule has 1 unspecified atom stereocenters. The summed E-state index contributed by atoms with van der Waals surface area (Å²) in [5.41, 5.74) is 8.24. The van der Waals surface area contributed by atoms with Crippen LogP contribution in [0.15, 0.2) is 18.2 Å². The second-order valence-corrected chi connectivity index (χ2v) is 4.52. The highest BCUT2D eigenvalue weighted by atomic mass is 16.5. The van der Waals surface area contributed by atoms with Crippen molar-refractivity contribution in [1.29, 1.82) is 0 Å². The molecule has 0 fully saturated rings. The quantitative estimate of drug-likeness (QED) is 0.780. The van der Waals surface area contributed by atoms with Gasteiger partial charge in [-0.05, 0) is 30.5 Å². The summed E-state index contributed by atoms with van der Waals surface area (Å²) < 4.78 is 5.64. The number of rotatable bonds is 5. The van der Waals surface area contributed by atoms with Gasteiger partial charge in [0.15, 0.2) is 0 Å². The molecule has 92 valence electrons. The van der Waals surface area contributed by atoms with E-state index in [2.05, 4.69) is 23.8 Å². The van der Waals surface area contributed by atoms with Gasteiger partial charge in [-0.1, -0.05) is 20.3 Å².